The number of benzene rings is 1. The summed E-state index contributed by atoms with van der Waals surface area (Å²) in [4.78, 5) is 18.6. The SMILES string of the molecule is CC1CCN(c2ccc(N3CCN(C(=O)Nc4cccc(F)c4)CC3)nn2)CC1. The van der Waals surface area contributed by atoms with E-state index in [0.29, 0.717) is 31.9 Å². The summed E-state index contributed by atoms with van der Waals surface area (Å²) in [7, 11) is 0. The highest BCUT2D eigenvalue weighted by atomic mass is 19.1. The van der Waals surface area contributed by atoms with E-state index in [4.69, 9.17) is 0 Å². The van der Waals surface area contributed by atoms with Gasteiger partial charge in [0.2, 0.25) is 0 Å². The average Bonchev–Trinajstić information content (AvgIpc) is 2.75. The van der Waals surface area contributed by atoms with Gasteiger partial charge in [0, 0.05) is 45.0 Å². The zero-order valence-electron chi connectivity index (χ0n) is 16.7. The van der Waals surface area contributed by atoms with Crippen molar-refractivity contribution >= 4 is 23.4 Å². The summed E-state index contributed by atoms with van der Waals surface area (Å²) < 4.78 is 13.3. The summed E-state index contributed by atoms with van der Waals surface area (Å²) in [5.74, 6) is 2.19. The third kappa shape index (κ3) is 4.75. The number of aromatic nitrogens is 2. The van der Waals surface area contributed by atoms with Crippen molar-refractivity contribution in [2.24, 2.45) is 5.92 Å². The molecule has 2 aromatic rings. The summed E-state index contributed by atoms with van der Waals surface area (Å²) in [5.41, 5.74) is 0.464. The fourth-order valence-electron chi connectivity index (χ4n) is 3.80. The monoisotopic (exact) mass is 398 g/mol. The van der Waals surface area contributed by atoms with Crippen molar-refractivity contribution in [2.45, 2.75) is 19.8 Å². The predicted octanol–water partition coefficient (Wildman–Crippen LogP) is 3.21. The van der Waals surface area contributed by atoms with E-state index in [1.54, 1.807) is 17.0 Å². The molecule has 7 nitrogen and oxygen atoms in total. The molecule has 29 heavy (non-hydrogen) atoms. The first-order valence-electron chi connectivity index (χ1n) is 10.2. The van der Waals surface area contributed by atoms with Gasteiger partial charge in [-0.05, 0) is 49.1 Å². The van der Waals surface area contributed by atoms with Crippen molar-refractivity contribution in [3.05, 3.63) is 42.2 Å². The predicted molar refractivity (Wildman–Crippen MR) is 112 cm³/mol. The van der Waals surface area contributed by atoms with Crippen LogP contribution >= 0.6 is 0 Å². The minimum Gasteiger partial charge on any atom is -0.355 e. The highest BCUT2D eigenvalue weighted by Gasteiger charge is 2.23. The second-order valence-electron chi connectivity index (χ2n) is 7.83. The first kappa shape index (κ1) is 19.4. The minimum atomic E-state index is -0.367. The lowest BCUT2D eigenvalue weighted by molar-refractivity contribution is 0.208. The van der Waals surface area contributed by atoms with Crippen molar-refractivity contribution in [1.29, 1.82) is 0 Å². The molecule has 154 valence electrons. The van der Waals surface area contributed by atoms with Gasteiger partial charge in [-0.3, -0.25) is 0 Å². The van der Waals surface area contributed by atoms with Gasteiger partial charge >= 0.3 is 6.03 Å². The second kappa shape index (κ2) is 8.63. The average molecular weight is 398 g/mol. The second-order valence-corrected chi connectivity index (χ2v) is 7.83. The zero-order valence-corrected chi connectivity index (χ0v) is 16.7. The Morgan fingerprint density at radius 1 is 0.966 bits per heavy atom. The molecule has 1 aromatic carbocycles. The molecule has 8 heteroatoms. The lowest BCUT2D eigenvalue weighted by Crippen LogP contribution is -2.50. The molecule has 2 saturated heterocycles. The molecule has 2 aliphatic rings. The highest BCUT2D eigenvalue weighted by Crippen LogP contribution is 2.22. The summed E-state index contributed by atoms with van der Waals surface area (Å²) in [6.07, 6.45) is 2.39. The molecule has 4 rings (SSSR count). The number of carbonyl (C=O) groups excluding carboxylic acids is 1. The third-order valence-electron chi connectivity index (χ3n) is 5.71. The fourth-order valence-corrected chi connectivity index (χ4v) is 3.80. The van der Waals surface area contributed by atoms with E-state index in [2.05, 4.69) is 32.2 Å². The number of hydrogen-bond donors (Lipinski definition) is 1. The topological polar surface area (TPSA) is 64.6 Å². The van der Waals surface area contributed by atoms with Crippen LogP contribution in [0.2, 0.25) is 0 Å². The largest absolute Gasteiger partial charge is 0.355 e. The molecule has 0 spiro atoms. The van der Waals surface area contributed by atoms with Gasteiger partial charge in [0.05, 0.1) is 0 Å². The number of piperidine rings is 1. The first-order valence-corrected chi connectivity index (χ1v) is 10.2. The van der Waals surface area contributed by atoms with Crippen LogP contribution in [0.15, 0.2) is 36.4 Å². The number of hydrogen-bond acceptors (Lipinski definition) is 5. The van der Waals surface area contributed by atoms with Crippen molar-refractivity contribution in [1.82, 2.24) is 15.1 Å². The van der Waals surface area contributed by atoms with Crippen LogP contribution in [0, 0.1) is 11.7 Å². The fraction of sp³-hybridized carbons (Fsp3) is 0.476. The molecule has 0 radical (unpaired) electrons. The van der Waals surface area contributed by atoms with Crippen LogP contribution in [-0.4, -0.2) is 60.4 Å². The number of anilines is 3. The lowest BCUT2D eigenvalue weighted by atomic mass is 9.99. The quantitative estimate of drug-likeness (QED) is 0.860. The summed E-state index contributed by atoms with van der Waals surface area (Å²) in [6.45, 7) is 6.90. The van der Waals surface area contributed by atoms with Crippen LogP contribution in [0.1, 0.15) is 19.8 Å². The number of halogens is 1. The van der Waals surface area contributed by atoms with Gasteiger partial charge in [-0.15, -0.1) is 10.2 Å². The Morgan fingerprint density at radius 3 is 2.17 bits per heavy atom. The standard InChI is InChI=1S/C21H27FN6O/c1-16-7-9-26(10-8-16)19-5-6-20(25-24-19)27-11-13-28(14-12-27)21(29)23-18-4-2-3-17(22)15-18/h2-6,15-16H,7-14H2,1H3,(H,23,29). The van der Waals surface area contributed by atoms with Gasteiger partial charge in [-0.25, -0.2) is 9.18 Å². The molecule has 2 aliphatic heterocycles. The maximum atomic E-state index is 13.3. The maximum absolute atomic E-state index is 13.3. The Hall–Kier alpha value is -2.90. The summed E-state index contributed by atoms with van der Waals surface area (Å²) in [6, 6.07) is 9.77. The zero-order chi connectivity index (χ0) is 20.2. The number of rotatable bonds is 3. The molecule has 0 saturated carbocycles. The van der Waals surface area contributed by atoms with Crippen LogP contribution in [-0.2, 0) is 0 Å². The lowest BCUT2D eigenvalue weighted by Gasteiger charge is -2.35. The normalized spacial score (nSPS) is 18.1. The molecule has 2 fully saturated rings. The van der Waals surface area contributed by atoms with Crippen molar-refractivity contribution < 1.29 is 9.18 Å². The molecular formula is C21H27FN6O. The molecule has 1 aromatic heterocycles. The van der Waals surface area contributed by atoms with Gasteiger partial charge in [-0.1, -0.05) is 13.0 Å². The molecule has 1 N–H and O–H groups in total. The number of piperazine rings is 1. The van der Waals surface area contributed by atoms with E-state index in [1.165, 1.54) is 25.0 Å². The van der Waals surface area contributed by atoms with E-state index < -0.39 is 0 Å². The smallest absolute Gasteiger partial charge is 0.321 e. The number of amides is 2. The Labute approximate surface area is 170 Å². The Kier molecular flexibility index (Phi) is 5.78. The molecule has 0 bridgehead atoms. The molecule has 2 amide bonds. The van der Waals surface area contributed by atoms with Gasteiger partial charge in [0.25, 0.3) is 0 Å². The van der Waals surface area contributed by atoms with E-state index in [0.717, 1.165) is 30.6 Å². The summed E-state index contributed by atoms with van der Waals surface area (Å²) >= 11 is 0. The van der Waals surface area contributed by atoms with E-state index >= 15 is 0 Å². The maximum Gasteiger partial charge on any atom is 0.321 e. The number of urea groups is 1. The molecule has 0 atom stereocenters. The van der Waals surface area contributed by atoms with Gasteiger partial charge in [0.1, 0.15) is 5.82 Å². The van der Waals surface area contributed by atoms with Crippen molar-refractivity contribution in [3.63, 3.8) is 0 Å². The van der Waals surface area contributed by atoms with Crippen LogP contribution < -0.4 is 15.1 Å². The van der Waals surface area contributed by atoms with Crippen LogP contribution in [0.25, 0.3) is 0 Å². The van der Waals surface area contributed by atoms with E-state index in [-0.39, 0.29) is 11.8 Å². The highest BCUT2D eigenvalue weighted by molar-refractivity contribution is 5.89. The molecular weight excluding hydrogens is 371 g/mol. The van der Waals surface area contributed by atoms with Crippen LogP contribution in [0.5, 0.6) is 0 Å². The molecule has 0 aliphatic carbocycles. The summed E-state index contributed by atoms with van der Waals surface area (Å²) in [5, 5.41) is 11.6. The first-order chi connectivity index (χ1) is 14.1. The van der Waals surface area contributed by atoms with E-state index in [9.17, 15) is 9.18 Å². The number of carbonyl (C=O) groups is 1. The minimum absolute atomic E-state index is 0.212. The van der Waals surface area contributed by atoms with Gasteiger partial charge in [0.15, 0.2) is 11.6 Å². The third-order valence-corrected chi connectivity index (χ3v) is 5.71. The van der Waals surface area contributed by atoms with E-state index in [1.807, 2.05) is 12.1 Å². The molecule has 0 unspecified atom stereocenters. The Morgan fingerprint density at radius 2 is 1.59 bits per heavy atom. The Bertz CT molecular complexity index is 829. The van der Waals surface area contributed by atoms with Crippen LogP contribution in [0.3, 0.4) is 0 Å². The Balaban J connectivity index is 1.29. The van der Waals surface area contributed by atoms with Gasteiger partial charge < -0.3 is 20.0 Å². The number of nitrogens with one attached hydrogen (secondary N) is 1. The van der Waals surface area contributed by atoms with Crippen molar-refractivity contribution in [2.75, 3.05) is 54.4 Å². The number of nitrogens with zero attached hydrogens (tertiary/aromatic N) is 5. The van der Waals surface area contributed by atoms with Crippen molar-refractivity contribution in [3.8, 4) is 0 Å². The van der Waals surface area contributed by atoms with Gasteiger partial charge in [-0.2, -0.15) is 0 Å². The molecule has 3 heterocycles. The van der Waals surface area contributed by atoms with Crippen LogP contribution in [0.4, 0.5) is 26.5 Å².